The molecule has 1 rings (SSSR count). The van der Waals surface area contributed by atoms with E-state index in [4.69, 9.17) is 4.74 Å². The summed E-state index contributed by atoms with van der Waals surface area (Å²) in [6, 6.07) is 0. The van der Waals surface area contributed by atoms with Crippen LogP contribution in [-0.2, 0) is 4.74 Å². The fourth-order valence-corrected chi connectivity index (χ4v) is 2.55. The van der Waals surface area contributed by atoms with Crippen LogP contribution in [0.25, 0.3) is 0 Å². The maximum absolute atomic E-state index is 5.33. The number of hydrogen-bond acceptors (Lipinski definition) is 2. The molecule has 0 heterocycles. The van der Waals surface area contributed by atoms with Gasteiger partial charge in [-0.15, -0.1) is 0 Å². The summed E-state index contributed by atoms with van der Waals surface area (Å²) in [6.07, 6.45) is 7.97. The average molecular weight is 267 g/mol. The van der Waals surface area contributed by atoms with Crippen molar-refractivity contribution < 1.29 is 9.22 Å². The van der Waals surface area contributed by atoms with Gasteiger partial charge in [-0.25, -0.2) is 0 Å². The van der Waals surface area contributed by atoms with Crippen LogP contribution in [0.2, 0.25) is 0 Å². The zero-order valence-electron chi connectivity index (χ0n) is 13.4. The van der Waals surface area contributed by atoms with Gasteiger partial charge in [0.2, 0.25) is 0 Å². The van der Waals surface area contributed by atoms with E-state index in [9.17, 15) is 0 Å². The normalized spacial score (nSPS) is 16.3. The lowest BCUT2D eigenvalue weighted by Gasteiger charge is -2.32. The number of rotatable bonds is 8. The highest BCUT2D eigenvalue weighted by Crippen LogP contribution is 2.20. The van der Waals surface area contributed by atoms with E-state index >= 15 is 0 Å². The Bertz CT molecular complexity index is 332. The van der Waals surface area contributed by atoms with Gasteiger partial charge in [0.05, 0.1) is 27.7 Å². The summed E-state index contributed by atoms with van der Waals surface area (Å²) in [7, 11) is 8.61. The minimum atomic E-state index is 1.03. The van der Waals surface area contributed by atoms with Gasteiger partial charge in [-0.1, -0.05) is 6.92 Å². The highest BCUT2D eigenvalue weighted by molar-refractivity contribution is 5.23. The second-order valence-corrected chi connectivity index (χ2v) is 6.22. The molecule has 0 aromatic heterocycles. The second kappa shape index (κ2) is 7.71. The van der Waals surface area contributed by atoms with Crippen molar-refractivity contribution >= 4 is 0 Å². The molecule has 0 saturated heterocycles. The largest absolute Gasteiger partial charge is 0.497 e. The van der Waals surface area contributed by atoms with Crippen molar-refractivity contribution in [3.63, 3.8) is 0 Å². The summed E-state index contributed by atoms with van der Waals surface area (Å²) in [5.74, 6) is 1.03. The molecular formula is C16H31N2O+. The minimum absolute atomic E-state index is 1.03. The van der Waals surface area contributed by atoms with Gasteiger partial charge in [0.15, 0.2) is 0 Å². The molecule has 0 aliphatic heterocycles. The topological polar surface area (TPSA) is 12.5 Å². The second-order valence-electron chi connectivity index (χ2n) is 6.22. The van der Waals surface area contributed by atoms with Gasteiger partial charge in [-0.05, 0) is 44.2 Å². The van der Waals surface area contributed by atoms with Crippen LogP contribution in [0.5, 0.6) is 0 Å². The first-order chi connectivity index (χ1) is 8.96. The summed E-state index contributed by atoms with van der Waals surface area (Å²) in [6.45, 7) is 6.91. The molecule has 0 radical (unpaired) electrons. The van der Waals surface area contributed by atoms with E-state index < -0.39 is 0 Å². The molecular weight excluding hydrogens is 236 g/mol. The molecule has 0 N–H and O–H groups in total. The van der Waals surface area contributed by atoms with Gasteiger partial charge in [0, 0.05) is 13.0 Å². The van der Waals surface area contributed by atoms with Crippen molar-refractivity contribution in [3.05, 3.63) is 23.5 Å². The summed E-state index contributed by atoms with van der Waals surface area (Å²) in [4.78, 5) is 2.38. The lowest BCUT2D eigenvalue weighted by atomic mass is 10.0. The van der Waals surface area contributed by atoms with Gasteiger partial charge >= 0.3 is 0 Å². The smallest absolute Gasteiger partial charge is 0.115 e. The number of hydrogen-bond donors (Lipinski definition) is 0. The molecule has 0 saturated carbocycles. The minimum Gasteiger partial charge on any atom is -0.497 e. The molecule has 0 aromatic carbocycles. The van der Waals surface area contributed by atoms with Crippen LogP contribution in [0.4, 0.5) is 0 Å². The highest BCUT2D eigenvalue weighted by atomic mass is 16.5. The Kier molecular flexibility index (Phi) is 6.59. The summed E-state index contributed by atoms with van der Waals surface area (Å²) in [5, 5.41) is 0. The summed E-state index contributed by atoms with van der Waals surface area (Å²) >= 11 is 0. The van der Waals surface area contributed by atoms with Crippen molar-refractivity contribution in [1.82, 2.24) is 4.90 Å². The third-order valence-electron chi connectivity index (χ3n) is 3.87. The number of methoxy groups -OCH3 is 1. The Balaban J connectivity index is 2.41. The Hall–Kier alpha value is -0.800. The van der Waals surface area contributed by atoms with Crippen LogP contribution >= 0.6 is 0 Å². The summed E-state index contributed by atoms with van der Waals surface area (Å²) < 4.78 is 6.40. The van der Waals surface area contributed by atoms with Gasteiger partial charge in [-0.3, -0.25) is 0 Å². The van der Waals surface area contributed by atoms with Crippen molar-refractivity contribution in [2.45, 2.75) is 26.2 Å². The molecule has 3 nitrogen and oxygen atoms in total. The molecule has 0 fully saturated rings. The van der Waals surface area contributed by atoms with Crippen LogP contribution in [0.1, 0.15) is 26.2 Å². The van der Waals surface area contributed by atoms with Gasteiger partial charge in [0.25, 0.3) is 0 Å². The van der Waals surface area contributed by atoms with E-state index in [2.05, 4.69) is 45.1 Å². The SMILES string of the molecule is CCN(C)CCC[N+](C)(C)CC1=CC(OC)=CCC1. The Morgan fingerprint density at radius 3 is 2.74 bits per heavy atom. The van der Waals surface area contributed by atoms with Crippen LogP contribution in [0, 0.1) is 0 Å². The zero-order chi connectivity index (χ0) is 14.3. The van der Waals surface area contributed by atoms with Gasteiger partial charge < -0.3 is 14.1 Å². The molecule has 0 atom stereocenters. The molecule has 1 aliphatic rings. The third kappa shape index (κ3) is 6.26. The zero-order valence-corrected chi connectivity index (χ0v) is 13.4. The van der Waals surface area contributed by atoms with Crippen molar-refractivity contribution in [2.24, 2.45) is 0 Å². The predicted octanol–water partition coefficient (Wildman–Crippen LogP) is 2.66. The molecule has 19 heavy (non-hydrogen) atoms. The monoisotopic (exact) mass is 267 g/mol. The Labute approximate surface area is 119 Å². The number of likely N-dealkylation sites (N-methyl/N-ethyl adjacent to an activating group) is 1. The first kappa shape index (κ1) is 16.3. The lowest BCUT2D eigenvalue weighted by molar-refractivity contribution is -0.885. The van der Waals surface area contributed by atoms with E-state index in [1.807, 2.05) is 0 Å². The van der Waals surface area contributed by atoms with E-state index in [1.54, 1.807) is 7.11 Å². The van der Waals surface area contributed by atoms with Crippen LogP contribution in [0.15, 0.2) is 23.5 Å². The van der Waals surface area contributed by atoms with Crippen molar-refractivity contribution in [1.29, 1.82) is 0 Å². The standard InChI is InChI=1S/C16H31N2O/c1-6-17(2)11-8-12-18(3,4)14-15-9-7-10-16(13-15)19-5/h10,13H,6-9,11-12,14H2,1-5H3/q+1. The first-order valence-electron chi connectivity index (χ1n) is 7.41. The van der Waals surface area contributed by atoms with Gasteiger partial charge in [-0.2, -0.15) is 0 Å². The molecule has 0 spiro atoms. The molecule has 1 aliphatic carbocycles. The van der Waals surface area contributed by atoms with E-state index in [0.717, 1.165) is 29.8 Å². The third-order valence-corrected chi connectivity index (χ3v) is 3.87. The van der Waals surface area contributed by atoms with E-state index in [0.29, 0.717) is 0 Å². The van der Waals surface area contributed by atoms with E-state index in [-0.39, 0.29) is 0 Å². The number of allylic oxidation sites excluding steroid dienone is 2. The predicted molar refractivity (Wildman–Crippen MR) is 82.0 cm³/mol. The highest BCUT2D eigenvalue weighted by Gasteiger charge is 2.18. The van der Waals surface area contributed by atoms with Crippen molar-refractivity contribution in [2.75, 3.05) is 54.4 Å². The van der Waals surface area contributed by atoms with E-state index in [1.165, 1.54) is 31.5 Å². The molecule has 0 bridgehead atoms. The first-order valence-corrected chi connectivity index (χ1v) is 7.41. The van der Waals surface area contributed by atoms with Crippen LogP contribution in [0.3, 0.4) is 0 Å². The quantitative estimate of drug-likeness (QED) is 0.627. The molecule has 110 valence electrons. The van der Waals surface area contributed by atoms with Crippen molar-refractivity contribution in [3.8, 4) is 0 Å². The Morgan fingerprint density at radius 1 is 1.37 bits per heavy atom. The fraction of sp³-hybridized carbons (Fsp3) is 0.750. The number of ether oxygens (including phenoxy) is 1. The molecule has 0 unspecified atom stereocenters. The fourth-order valence-electron chi connectivity index (χ4n) is 2.55. The lowest BCUT2D eigenvalue weighted by Crippen LogP contribution is -2.43. The molecule has 0 aromatic rings. The van der Waals surface area contributed by atoms with Gasteiger partial charge in [0.1, 0.15) is 12.3 Å². The average Bonchev–Trinajstić information content (AvgIpc) is 2.37. The summed E-state index contributed by atoms with van der Waals surface area (Å²) in [5.41, 5.74) is 1.52. The Morgan fingerprint density at radius 2 is 2.11 bits per heavy atom. The number of quaternary nitrogens is 1. The maximum Gasteiger partial charge on any atom is 0.115 e. The number of nitrogens with zero attached hydrogens (tertiary/aromatic N) is 2. The molecule has 3 heteroatoms. The molecule has 0 amide bonds. The maximum atomic E-state index is 5.33. The van der Waals surface area contributed by atoms with Crippen LogP contribution < -0.4 is 0 Å². The van der Waals surface area contributed by atoms with Crippen LogP contribution in [-0.4, -0.2) is 63.8 Å².